The molecule has 1 aliphatic carbocycles. The van der Waals surface area contributed by atoms with Gasteiger partial charge in [0.05, 0.1) is 5.52 Å². The molecule has 1 saturated carbocycles. The van der Waals surface area contributed by atoms with Crippen LogP contribution in [0.25, 0.3) is 10.9 Å². The Kier molecular flexibility index (Phi) is 4.28. The van der Waals surface area contributed by atoms with Gasteiger partial charge in [0.25, 0.3) is 0 Å². The molecule has 3 heteroatoms. The summed E-state index contributed by atoms with van der Waals surface area (Å²) in [6, 6.07) is 11.2. The second kappa shape index (κ2) is 6.33. The summed E-state index contributed by atoms with van der Waals surface area (Å²) in [6.07, 6.45) is 6.78. The number of fused-ring (bicyclic) bond motifs is 1. The molecule has 1 aromatic carbocycles. The fourth-order valence-corrected chi connectivity index (χ4v) is 3.35. The van der Waals surface area contributed by atoms with E-state index in [2.05, 4.69) is 34.6 Å². The van der Waals surface area contributed by atoms with E-state index >= 15 is 0 Å². The van der Waals surface area contributed by atoms with Gasteiger partial charge < -0.3 is 11.1 Å². The van der Waals surface area contributed by atoms with Gasteiger partial charge in [-0.2, -0.15) is 0 Å². The molecule has 0 bridgehead atoms. The Labute approximate surface area is 120 Å². The van der Waals surface area contributed by atoms with Crippen molar-refractivity contribution < 1.29 is 0 Å². The summed E-state index contributed by atoms with van der Waals surface area (Å²) in [7, 11) is 0. The third-order valence-electron chi connectivity index (χ3n) is 4.48. The van der Waals surface area contributed by atoms with E-state index < -0.39 is 0 Å². The summed E-state index contributed by atoms with van der Waals surface area (Å²) in [5, 5.41) is 4.92. The van der Waals surface area contributed by atoms with Crippen LogP contribution in [-0.4, -0.2) is 24.1 Å². The van der Waals surface area contributed by atoms with Gasteiger partial charge in [-0.15, -0.1) is 0 Å². The number of pyridine rings is 1. The van der Waals surface area contributed by atoms with Gasteiger partial charge in [-0.25, -0.2) is 0 Å². The summed E-state index contributed by atoms with van der Waals surface area (Å²) in [4.78, 5) is 4.51. The Morgan fingerprint density at radius 3 is 3.00 bits per heavy atom. The first-order valence-corrected chi connectivity index (χ1v) is 7.64. The molecule has 2 unspecified atom stereocenters. The number of nitrogens with one attached hydrogen (secondary N) is 1. The highest BCUT2D eigenvalue weighted by atomic mass is 14.9. The van der Waals surface area contributed by atoms with E-state index in [1.54, 1.807) is 0 Å². The minimum absolute atomic E-state index is 0.614. The third kappa shape index (κ3) is 2.84. The van der Waals surface area contributed by atoms with Crippen LogP contribution in [0.5, 0.6) is 0 Å². The van der Waals surface area contributed by atoms with Gasteiger partial charge in [-0.05, 0) is 49.9 Å². The fraction of sp³-hybridized carbons (Fsp3) is 0.471. The molecule has 20 heavy (non-hydrogen) atoms. The third-order valence-corrected chi connectivity index (χ3v) is 4.48. The van der Waals surface area contributed by atoms with Crippen LogP contribution in [0.2, 0.25) is 0 Å². The molecule has 1 aromatic heterocycles. The maximum absolute atomic E-state index is 5.83. The second-order valence-corrected chi connectivity index (χ2v) is 5.73. The van der Waals surface area contributed by atoms with Gasteiger partial charge >= 0.3 is 0 Å². The summed E-state index contributed by atoms with van der Waals surface area (Å²) < 4.78 is 0. The molecule has 1 fully saturated rings. The van der Waals surface area contributed by atoms with E-state index in [0.29, 0.717) is 12.0 Å². The zero-order valence-corrected chi connectivity index (χ0v) is 11.9. The standard InChI is InChI=1S/C17H23N3/c18-12-15-6-2-8-16(15)19-11-9-14-5-1-4-13-7-3-10-20-17(13)14/h1,3-5,7,10,15-16,19H,2,6,8-9,11-12,18H2. The van der Waals surface area contributed by atoms with Crippen LogP contribution in [0, 0.1) is 5.92 Å². The van der Waals surface area contributed by atoms with Crippen molar-refractivity contribution in [2.24, 2.45) is 11.7 Å². The van der Waals surface area contributed by atoms with Crippen molar-refractivity contribution >= 4 is 10.9 Å². The lowest BCUT2D eigenvalue weighted by Crippen LogP contribution is -2.37. The number of para-hydroxylation sites is 1. The van der Waals surface area contributed by atoms with Crippen molar-refractivity contribution in [2.45, 2.75) is 31.7 Å². The molecule has 0 aliphatic heterocycles. The minimum atomic E-state index is 0.614. The lowest BCUT2D eigenvalue weighted by molar-refractivity contribution is 0.410. The second-order valence-electron chi connectivity index (χ2n) is 5.73. The summed E-state index contributed by atoms with van der Waals surface area (Å²) in [5.74, 6) is 0.667. The van der Waals surface area contributed by atoms with Crippen molar-refractivity contribution in [3.8, 4) is 0 Å². The van der Waals surface area contributed by atoms with Crippen LogP contribution in [-0.2, 0) is 6.42 Å². The number of nitrogens with zero attached hydrogens (tertiary/aromatic N) is 1. The monoisotopic (exact) mass is 269 g/mol. The first-order chi connectivity index (χ1) is 9.88. The topological polar surface area (TPSA) is 50.9 Å². The number of hydrogen-bond acceptors (Lipinski definition) is 3. The molecule has 106 valence electrons. The van der Waals surface area contributed by atoms with E-state index in [1.807, 2.05) is 12.3 Å². The summed E-state index contributed by atoms with van der Waals surface area (Å²) in [6.45, 7) is 1.82. The van der Waals surface area contributed by atoms with E-state index in [4.69, 9.17) is 5.73 Å². The van der Waals surface area contributed by atoms with Crippen LogP contribution >= 0.6 is 0 Å². The highest BCUT2D eigenvalue weighted by Gasteiger charge is 2.25. The highest BCUT2D eigenvalue weighted by molar-refractivity contribution is 5.81. The first-order valence-electron chi connectivity index (χ1n) is 7.64. The van der Waals surface area contributed by atoms with E-state index in [-0.39, 0.29) is 0 Å². The number of hydrogen-bond donors (Lipinski definition) is 2. The van der Waals surface area contributed by atoms with Gasteiger partial charge in [-0.3, -0.25) is 4.98 Å². The molecule has 0 amide bonds. The lowest BCUT2D eigenvalue weighted by Gasteiger charge is -2.19. The zero-order valence-electron chi connectivity index (χ0n) is 11.9. The Hall–Kier alpha value is -1.45. The molecule has 2 aromatic rings. The van der Waals surface area contributed by atoms with Gasteiger partial charge in [0.15, 0.2) is 0 Å². The normalized spacial score (nSPS) is 22.4. The van der Waals surface area contributed by atoms with Gasteiger partial charge in [-0.1, -0.05) is 30.7 Å². The van der Waals surface area contributed by atoms with Crippen LogP contribution in [0.1, 0.15) is 24.8 Å². The van der Waals surface area contributed by atoms with Crippen LogP contribution in [0.3, 0.4) is 0 Å². The molecule has 3 rings (SSSR count). The molecule has 1 heterocycles. The summed E-state index contributed by atoms with van der Waals surface area (Å²) >= 11 is 0. The van der Waals surface area contributed by atoms with Crippen LogP contribution in [0.4, 0.5) is 0 Å². The number of nitrogens with two attached hydrogens (primary N) is 1. The van der Waals surface area contributed by atoms with Crippen molar-refractivity contribution in [2.75, 3.05) is 13.1 Å². The Morgan fingerprint density at radius 1 is 1.20 bits per heavy atom. The largest absolute Gasteiger partial charge is 0.330 e. The Bertz CT molecular complexity index is 562. The van der Waals surface area contributed by atoms with Crippen molar-refractivity contribution in [3.63, 3.8) is 0 Å². The molecule has 3 nitrogen and oxygen atoms in total. The van der Waals surface area contributed by atoms with Gasteiger partial charge in [0, 0.05) is 17.6 Å². The Morgan fingerprint density at radius 2 is 2.10 bits per heavy atom. The lowest BCUT2D eigenvalue weighted by atomic mass is 10.0. The minimum Gasteiger partial charge on any atom is -0.330 e. The molecular formula is C17H23N3. The number of aromatic nitrogens is 1. The first kappa shape index (κ1) is 13.5. The molecule has 0 spiro atoms. The summed E-state index contributed by atoms with van der Waals surface area (Å²) in [5.41, 5.74) is 8.30. The number of rotatable bonds is 5. The van der Waals surface area contributed by atoms with E-state index in [1.165, 1.54) is 30.2 Å². The van der Waals surface area contributed by atoms with E-state index in [0.717, 1.165) is 25.0 Å². The molecule has 1 aliphatic rings. The van der Waals surface area contributed by atoms with E-state index in [9.17, 15) is 0 Å². The maximum Gasteiger partial charge on any atom is 0.0734 e. The average Bonchev–Trinajstić information content (AvgIpc) is 2.95. The quantitative estimate of drug-likeness (QED) is 0.877. The van der Waals surface area contributed by atoms with Gasteiger partial charge in [0.2, 0.25) is 0 Å². The maximum atomic E-state index is 5.83. The Balaban J connectivity index is 1.63. The molecule has 3 N–H and O–H groups in total. The molecule has 0 radical (unpaired) electrons. The predicted molar refractivity (Wildman–Crippen MR) is 83.6 cm³/mol. The van der Waals surface area contributed by atoms with Crippen molar-refractivity contribution in [1.29, 1.82) is 0 Å². The van der Waals surface area contributed by atoms with Gasteiger partial charge in [0.1, 0.15) is 0 Å². The smallest absolute Gasteiger partial charge is 0.0734 e. The van der Waals surface area contributed by atoms with Crippen molar-refractivity contribution in [1.82, 2.24) is 10.3 Å². The zero-order chi connectivity index (χ0) is 13.8. The fourth-order valence-electron chi connectivity index (χ4n) is 3.35. The predicted octanol–water partition coefficient (Wildman–Crippen LogP) is 2.49. The molecule has 0 saturated heterocycles. The number of benzene rings is 1. The SMILES string of the molecule is NCC1CCCC1NCCc1cccc2cccnc12. The molecule has 2 atom stereocenters. The molecular weight excluding hydrogens is 246 g/mol. The van der Waals surface area contributed by atoms with Crippen LogP contribution < -0.4 is 11.1 Å². The average molecular weight is 269 g/mol. The highest BCUT2D eigenvalue weighted by Crippen LogP contribution is 2.24. The van der Waals surface area contributed by atoms with Crippen LogP contribution in [0.15, 0.2) is 36.5 Å². The van der Waals surface area contributed by atoms with Crippen molar-refractivity contribution in [3.05, 3.63) is 42.1 Å².